The minimum absolute atomic E-state index is 0.246. The Morgan fingerprint density at radius 2 is 1.90 bits per heavy atom. The Morgan fingerprint density at radius 1 is 1.03 bits per heavy atom. The van der Waals surface area contributed by atoms with Crippen molar-refractivity contribution in [3.05, 3.63) is 58.4 Å². The highest BCUT2D eigenvalue weighted by atomic mass is 32.1. The van der Waals surface area contributed by atoms with Crippen LogP contribution in [0.5, 0.6) is 0 Å². The van der Waals surface area contributed by atoms with Crippen LogP contribution in [-0.4, -0.2) is 14.7 Å². The minimum Gasteiger partial charge on any atom is -0.348 e. The van der Waals surface area contributed by atoms with E-state index >= 15 is 0 Å². The SMILES string of the molecule is S=c1nc(-c2ccc3c(C4CCCCC4)c4n(c3c2)CCCc2ccccc2-4)[nH]o1. The van der Waals surface area contributed by atoms with Crippen LogP contribution in [-0.2, 0) is 13.0 Å². The average molecular weight is 416 g/mol. The van der Waals surface area contributed by atoms with Gasteiger partial charge in [-0.1, -0.05) is 55.7 Å². The summed E-state index contributed by atoms with van der Waals surface area (Å²) < 4.78 is 7.76. The molecule has 0 atom stereocenters. The molecule has 1 aliphatic heterocycles. The molecular weight excluding hydrogens is 390 g/mol. The highest BCUT2D eigenvalue weighted by Gasteiger charge is 2.28. The van der Waals surface area contributed by atoms with Crippen LogP contribution in [0, 0.1) is 4.84 Å². The van der Waals surface area contributed by atoms with Crippen LogP contribution in [0.15, 0.2) is 47.0 Å². The normalized spacial score (nSPS) is 16.9. The zero-order valence-corrected chi connectivity index (χ0v) is 17.8. The van der Waals surface area contributed by atoms with Gasteiger partial charge in [0.1, 0.15) is 0 Å². The zero-order chi connectivity index (χ0) is 20.1. The van der Waals surface area contributed by atoms with Crippen molar-refractivity contribution < 1.29 is 4.52 Å². The molecule has 1 saturated carbocycles. The number of hydrogen-bond acceptors (Lipinski definition) is 3. The second-order valence-electron chi connectivity index (χ2n) is 8.67. The summed E-state index contributed by atoms with van der Waals surface area (Å²) in [5.41, 5.74) is 8.26. The summed E-state index contributed by atoms with van der Waals surface area (Å²) in [6, 6.07) is 15.7. The minimum atomic E-state index is 0.246. The van der Waals surface area contributed by atoms with E-state index in [1.165, 1.54) is 59.8 Å². The molecule has 0 saturated heterocycles. The standard InChI is InChI=1S/C25H25N3OS/c30-25-26-24(27-29-25)18-12-13-20-21(15-18)28-14-6-10-16-7-4-5-11-19(16)23(28)22(20)17-8-2-1-3-9-17/h4-5,7,11-13,15,17H,1-3,6,8-10,14H2,(H,26,27,30). The van der Waals surface area contributed by atoms with Crippen molar-refractivity contribution in [3.63, 3.8) is 0 Å². The molecule has 0 amide bonds. The van der Waals surface area contributed by atoms with E-state index < -0.39 is 0 Å². The Hall–Kier alpha value is -2.66. The number of aromatic nitrogens is 3. The molecule has 152 valence electrons. The van der Waals surface area contributed by atoms with Gasteiger partial charge in [-0.3, -0.25) is 0 Å². The maximum Gasteiger partial charge on any atom is 0.314 e. The molecular formula is C25H25N3OS. The number of hydrogen-bond donors (Lipinski definition) is 1. The summed E-state index contributed by atoms with van der Waals surface area (Å²) in [5.74, 6) is 1.35. The van der Waals surface area contributed by atoms with Crippen molar-refractivity contribution >= 4 is 23.1 Å². The molecule has 0 spiro atoms. The predicted molar refractivity (Wildman–Crippen MR) is 122 cm³/mol. The van der Waals surface area contributed by atoms with Gasteiger partial charge in [-0.15, -0.1) is 0 Å². The smallest absolute Gasteiger partial charge is 0.314 e. The number of rotatable bonds is 2. The molecule has 3 heterocycles. The first-order chi connectivity index (χ1) is 14.8. The van der Waals surface area contributed by atoms with E-state index in [-0.39, 0.29) is 4.84 Å². The number of nitrogens with one attached hydrogen (secondary N) is 1. The molecule has 4 nitrogen and oxygen atoms in total. The number of H-pyrrole nitrogens is 1. The monoisotopic (exact) mass is 415 g/mol. The predicted octanol–water partition coefficient (Wildman–Crippen LogP) is 7.01. The molecule has 30 heavy (non-hydrogen) atoms. The van der Waals surface area contributed by atoms with Gasteiger partial charge >= 0.3 is 4.84 Å². The summed E-state index contributed by atoms with van der Waals surface area (Å²) in [5, 5.41) is 4.27. The van der Waals surface area contributed by atoms with E-state index in [9.17, 15) is 0 Å². The summed E-state index contributed by atoms with van der Waals surface area (Å²) in [4.78, 5) is 4.58. The number of aryl methyl sites for hydroxylation is 2. The molecule has 0 unspecified atom stereocenters. The van der Waals surface area contributed by atoms with Gasteiger partial charge in [0.2, 0.25) is 0 Å². The van der Waals surface area contributed by atoms with Gasteiger partial charge in [0.15, 0.2) is 5.82 Å². The van der Waals surface area contributed by atoms with Crippen molar-refractivity contribution in [1.82, 2.24) is 14.7 Å². The molecule has 0 radical (unpaired) electrons. The van der Waals surface area contributed by atoms with Gasteiger partial charge in [-0.05, 0) is 61.0 Å². The van der Waals surface area contributed by atoms with Crippen LogP contribution in [0.25, 0.3) is 33.5 Å². The fourth-order valence-electron chi connectivity index (χ4n) is 5.60. The number of aromatic amines is 1. The Kier molecular flexibility index (Phi) is 4.38. The third-order valence-corrected chi connectivity index (χ3v) is 7.10. The first kappa shape index (κ1) is 18.1. The van der Waals surface area contributed by atoms with Gasteiger partial charge in [0.05, 0.1) is 5.69 Å². The van der Waals surface area contributed by atoms with E-state index in [0.717, 1.165) is 24.9 Å². The summed E-state index contributed by atoms with van der Waals surface area (Å²) in [6.45, 7) is 1.05. The van der Waals surface area contributed by atoms with Gasteiger partial charge in [-0.25, -0.2) is 5.16 Å². The molecule has 6 rings (SSSR count). The molecule has 1 aliphatic carbocycles. The van der Waals surface area contributed by atoms with Gasteiger partial charge in [-0.2, -0.15) is 4.98 Å². The lowest BCUT2D eigenvalue weighted by Gasteiger charge is -2.24. The number of benzene rings is 2. The van der Waals surface area contributed by atoms with E-state index in [0.29, 0.717) is 11.7 Å². The summed E-state index contributed by atoms with van der Waals surface area (Å²) >= 11 is 5.06. The first-order valence-corrected chi connectivity index (χ1v) is 11.5. The highest BCUT2D eigenvalue weighted by Crippen LogP contribution is 2.46. The van der Waals surface area contributed by atoms with Gasteiger partial charge < -0.3 is 9.09 Å². The molecule has 0 bridgehead atoms. The third-order valence-electron chi connectivity index (χ3n) is 6.93. The fourth-order valence-corrected chi connectivity index (χ4v) is 5.73. The Morgan fingerprint density at radius 3 is 2.73 bits per heavy atom. The van der Waals surface area contributed by atoms with Crippen molar-refractivity contribution in [3.8, 4) is 22.6 Å². The van der Waals surface area contributed by atoms with Crippen molar-refractivity contribution in [2.45, 2.75) is 57.4 Å². The maximum absolute atomic E-state index is 5.18. The topological polar surface area (TPSA) is 46.8 Å². The molecule has 2 aliphatic rings. The van der Waals surface area contributed by atoms with Crippen LogP contribution in [0.4, 0.5) is 0 Å². The van der Waals surface area contributed by atoms with Gasteiger partial charge in [0, 0.05) is 28.6 Å². The average Bonchev–Trinajstić information content (AvgIpc) is 3.30. The number of fused-ring (bicyclic) bond motifs is 5. The van der Waals surface area contributed by atoms with Crippen LogP contribution in [0.3, 0.4) is 0 Å². The molecule has 1 fully saturated rings. The van der Waals surface area contributed by atoms with Crippen molar-refractivity contribution in [1.29, 1.82) is 0 Å². The second kappa shape index (κ2) is 7.24. The van der Waals surface area contributed by atoms with Crippen LogP contribution in [0.2, 0.25) is 0 Å². The zero-order valence-electron chi connectivity index (χ0n) is 17.0. The summed E-state index contributed by atoms with van der Waals surface area (Å²) in [7, 11) is 0. The second-order valence-corrected chi connectivity index (χ2v) is 9.02. The Labute approximate surface area is 180 Å². The van der Waals surface area contributed by atoms with Crippen molar-refractivity contribution in [2.24, 2.45) is 0 Å². The Balaban J connectivity index is 1.65. The van der Waals surface area contributed by atoms with E-state index in [1.54, 1.807) is 5.56 Å². The lowest BCUT2D eigenvalue weighted by Crippen LogP contribution is -2.06. The van der Waals surface area contributed by atoms with Gasteiger partial charge in [0.25, 0.3) is 0 Å². The highest BCUT2D eigenvalue weighted by molar-refractivity contribution is 7.71. The van der Waals surface area contributed by atoms with Crippen LogP contribution >= 0.6 is 12.2 Å². The maximum atomic E-state index is 5.18. The van der Waals surface area contributed by atoms with Crippen molar-refractivity contribution in [2.75, 3.05) is 0 Å². The van der Waals surface area contributed by atoms with E-state index in [1.807, 2.05) is 0 Å². The van der Waals surface area contributed by atoms with Crippen LogP contribution in [0.1, 0.15) is 55.6 Å². The number of nitrogens with zero attached hydrogens (tertiary/aromatic N) is 2. The molecule has 4 aromatic rings. The van der Waals surface area contributed by atoms with E-state index in [2.05, 4.69) is 57.2 Å². The lowest BCUT2D eigenvalue weighted by molar-refractivity contribution is 0.406. The Bertz CT molecular complexity index is 1290. The molecule has 2 aromatic carbocycles. The molecule has 1 N–H and O–H groups in total. The third kappa shape index (κ3) is 2.87. The first-order valence-electron chi connectivity index (χ1n) is 11.1. The molecule has 2 aromatic heterocycles. The molecule has 5 heteroatoms. The van der Waals surface area contributed by atoms with E-state index in [4.69, 9.17) is 16.7 Å². The lowest BCUT2D eigenvalue weighted by atomic mass is 9.81. The quantitative estimate of drug-likeness (QED) is 0.358. The summed E-state index contributed by atoms with van der Waals surface area (Å²) in [6.07, 6.45) is 8.95. The van der Waals surface area contributed by atoms with Crippen LogP contribution < -0.4 is 0 Å². The largest absolute Gasteiger partial charge is 0.348 e. The fraction of sp³-hybridized carbons (Fsp3) is 0.360.